The van der Waals surface area contributed by atoms with E-state index in [1.807, 2.05) is 13.0 Å². The second-order valence-corrected chi connectivity index (χ2v) is 7.27. The molecule has 26 heavy (non-hydrogen) atoms. The summed E-state index contributed by atoms with van der Waals surface area (Å²) in [5.74, 6) is 6.48. The molecule has 0 saturated carbocycles. The molecular formula is C17H15Cl2N5OS. The SMILES string of the molecule is Cc1ccc(NC(=O)CSc2nnc(-c3ccc(Cl)cc3)n2N)cc1Cl. The molecule has 1 heterocycles. The van der Waals surface area contributed by atoms with E-state index in [1.165, 1.54) is 16.4 Å². The second-order valence-electron chi connectivity index (χ2n) is 5.48. The van der Waals surface area contributed by atoms with E-state index in [1.54, 1.807) is 36.4 Å². The summed E-state index contributed by atoms with van der Waals surface area (Å²) >= 11 is 13.1. The number of nitrogens with two attached hydrogens (primary N) is 1. The molecule has 1 amide bonds. The first-order chi connectivity index (χ1) is 12.4. The summed E-state index contributed by atoms with van der Waals surface area (Å²) in [6.45, 7) is 1.90. The fourth-order valence-electron chi connectivity index (χ4n) is 2.17. The number of aromatic nitrogens is 3. The molecule has 0 unspecified atom stereocenters. The van der Waals surface area contributed by atoms with Gasteiger partial charge in [0.1, 0.15) is 0 Å². The van der Waals surface area contributed by atoms with Crippen LogP contribution >= 0.6 is 35.0 Å². The maximum atomic E-state index is 12.1. The first kappa shape index (κ1) is 18.6. The van der Waals surface area contributed by atoms with Crippen molar-refractivity contribution in [3.63, 3.8) is 0 Å². The number of nitrogens with one attached hydrogen (secondary N) is 1. The third kappa shape index (κ3) is 4.30. The van der Waals surface area contributed by atoms with Crippen LogP contribution in [-0.2, 0) is 4.79 Å². The van der Waals surface area contributed by atoms with Crippen LogP contribution in [0.5, 0.6) is 0 Å². The number of benzene rings is 2. The number of nitrogens with zero attached hydrogens (tertiary/aromatic N) is 3. The van der Waals surface area contributed by atoms with Crippen LogP contribution in [-0.4, -0.2) is 26.5 Å². The van der Waals surface area contributed by atoms with Gasteiger partial charge in [-0.3, -0.25) is 4.79 Å². The molecule has 0 spiro atoms. The van der Waals surface area contributed by atoms with Gasteiger partial charge in [0, 0.05) is 21.3 Å². The Hall–Kier alpha value is -2.22. The highest BCUT2D eigenvalue weighted by Crippen LogP contribution is 2.24. The number of anilines is 1. The summed E-state index contributed by atoms with van der Waals surface area (Å²) in [6.07, 6.45) is 0. The number of aryl methyl sites for hydroxylation is 1. The standard InChI is InChI=1S/C17H15Cl2N5OS/c1-10-2-7-13(8-14(10)19)21-15(25)9-26-17-23-22-16(24(17)20)11-3-5-12(18)6-4-11/h2-8H,9,20H2,1H3,(H,21,25). The number of carbonyl (C=O) groups excluding carboxylic acids is 1. The van der Waals surface area contributed by atoms with Crippen molar-refractivity contribution in [3.05, 3.63) is 58.1 Å². The normalized spacial score (nSPS) is 10.7. The fraction of sp³-hybridized carbons (Fsp3) is 0.118. The van der Waals surface area contributed by atoms with Crippen LogP contribution in [0.3, 0.4) is 0 Å². The smallest absolute Gasteiger partial charge is 0.234 e. The van der Waals surface area contributed by atoms with Gasteiger partial charge in [0.15, 0.2) is 5.82 Å². The molecule has 0 aliphatic carbocycles. The number of hydrogen-bond acceptors (Lipinski definition) is 5. The Bertz CT molecular complexity index is 943. The van der Waals surface area contributed by atoms with Gasteiger partial charge in [0.05, 0.1) is 5.75 Å². The van der Waals surface area contributed by atoms with E-state index in [2.05, 4.69) is 15.5 Å². The summed E-state index contributed by atoms with van der Waals surface area (Å²) in [7, 11) is 0. The minimum Gasteiger partial charge on any atom is -0.335 e. The maximum absolute atomic E-state index is 12.1. The van der Waals surface area contributed by atoms with Crippen LogP contribution in [0.25, 0.3) is 11.4 Å². The van der Waals surface area contributed by atoms with Crippen LogP contribution in [0.1, 0.15) is 5.56 Å². The summed E-state index contributed by atoms with van der Waals surface area (Å²) < 4.78 is 1.35. The Balaban J connectivity index is 1.63. The van der Waals surface area contributed by atoms with Crippen molar-refractivity contribution in [1.82, 2.24) is 14.9 Å². The predicted octanol–water partition coefficient (Wildman–Crippen LogP) is 4.00. The quantitative estimate of drug-likeness (QED) is 0.492. The zero-order valence-corrected chi connectivity index (χ0v) is 16.1. The Kier molecular flexibility index (Phi) is 5.70. The van der Waals surface area contributed by atoms with Gasteiger partial charge >= 0.3 is 0 Å². The zero-order chi connectivity index (χ0) is 18.7. The van der Waals surface area contributed by atoms with E-state index in [9.17, 15) is 4.79 Å². The van der Waals surface area contributed by atoms with E-state index in [0.29, 0.717) is 26.7 Å². The summed E-state index contributed by atoms with van der Waals surface area (Å²) in [5.41, 5.74) is 2.38. The highest BCUT2D eigenvalue weighted by molar-refractivity contribution is 7.99. The van der Waals surface area contributed by atoms with Gasteiger partial charge in [0.25, 0.3) is 0 Å². The third-order valence-electron chi connectivity index (χ3n) is 3.55. The molecule has 6 nitrogen and oxygen atoms in total. The minimum absolute atomic E-state index is 0.140. The molecule has 0 fully saturated rings. The third-order valence-corrected chi connectivity index (χ3v) is 5.16. The van der Waals surface area contributed by atoms with E-state index in [4.69, 9.17) is 29.0 Å². The van der Waals surface area contributed by atoms with E-state index >= 15 is 0 Å². The van der Waals surface area contributed by atoms with Gasteiger partial charge < -0.3 is 11.2 Å². The van der Waals surface area contributed by atoms with Gasteiger partial charge in [-0.2, -0.15) is 0 Å². The second kappa shape index (κ2) is 7.99. The van der Waals surface area contributed by atoms with Gasteiger partial charge in [-0.05, 0) is 48.9 Å². The lowest BCUT2D eigenvalue weighted by atomic mass is 10.2. The van der Waals surface area contributed by atoms with E-state index < -0.39 is 0 Å². The molecule has 0 atom stereocenters. The van der Waals surface area contributed by atoms with E-state index in [0.717, 1.165) is 11.1 Å². The maximum Gasteiger partial charge on any atom is 0.234 e. The van der Waals surface area contributed by atoms with Crippen molar-refractivity contribution in [3.8, 4) is 11.4 Å². The highest BCUT2D eigenvalue weighted by atomic mass is 35.5. The fourth-order valence-corrected chi connectivity index (χ4v) is 3.13. The van der Waals surface area contributed by atoms with Crippen molar-refractivity contribution >= 4 is 46.6 Å². The number of thioether (sulfide) groups is 1. The molecule has 0 aliphatic rings. The lowest BCUT2D eigenvalue weighted by molar-refractivity contribution is -0.113. The predicted molar refractivity (Wildman–Crippen MR) is 106 cm³/mol. The molecule has 134 valence electrons. The number of carbonyl (C=O) groups is 1. The van der Waals surface area contributed by atoms with Gasteiger partial charge in [-0.1, -0.05) is 41.0 Å². The molecule has 3 aromatic rings. The molecule has 3 rings (SSSR count). The largest absolute Gasteiger partial charge is 0.335 e. The Morgan fingerprint density at radius 3 is 2.62 bits per heavy atom. The summed E-state index contributed by atoms with van der Waals surface area (Å²) in [5, 5.41) is 12.6. The average molecular weight is 408 g/mol. The van der Waals surface area contributed by atoms with Crippen molar-refractivity contribution in [1.29, 1.82) is 0 Å². The van der Waals surface area contributed by atoms with Gasteiger partial charge in [0.2, 0.25) is 11.1 Å². The Morgan fingerprint density at radius 2 is 1.92 bits per heavy atom. The number of halogens is 2. The average Bonchev–Trinajstić information content (AvgIpc) is 2.98. The molecular weight excluding hydrogens is 393 g/mol. The number of nitrogen functional groups attached to an aromatic ring is 1. The van der Waals surface area contributed by atoms with Crippen LogP contribution in [0, 0.1) is 6.92 Å². The van der Waals surface area contributed by atoms with Crippen molar-refractivity contribution in [2.24, 2.45) is 0 Å². The van der Waals surface area contributed by atoms with Crippen molar-refractivity contribution < 1.29 is 4.79 Å². The van der Waals surface area contributed by atoms with Gasteiger partial charge in [-0.15, -0.1) is 10.2 Å². The number of amides is 1. The molecule has 9 heteroatoms. The van der Waals surface area contributed by atoms with Crippen LogP contribution < -0.4 is 11.2 Å². The molecule has 0 saturated heterocycles. The van der Waals surface area contributed by atoms with Crippen molar-refractivity contribution in [2.75, 3.05) is 16.9 Å². The Labute approximate surface area is 164 Å². The van der Waals surface area contributed by atoms with Crippen LogP contribution in [0.2, 0.25) is 10.0 Å². The Morgan fingerprint density at radius 1 is 1.19 bits per heavy atom. The molecule has 0 bridgehead atoms. The molecule has 0 aliphatic heterocycles. The lowest BCUT2D eigenvalue weighted by Gasteiger charge is -2.07. The molecule has 3 N–H and O–H groups in total. The molecule has 0 radical (unpaired) electrons. The highest BCUT2D eigenvalue weighted by Gasteiger charge is 2.14. The molecule has 1 aromatic heterocycles. The minimum atomic E-state index is -0.189. The number of hydrogen-bond donors (Lipinski definition) is 2. The van der Waals surface area contributed by atoms with E-state index in [-0.39, 0.29) is 11.7 Å². The van der Waals surface area contributed by atoms with Crippen molar-refractivity contribution in [2.45, 2.75) is 12.1 Å². The zero-order valence-electron chi connectivity index (χ0n) is 13.7. The lowest BCUT2D eigenvalue weighted by Crippen LogP contribution is -2.16. The van der Waals surface area contributed by atoms with Gasteiger partial charge in [-0.25, -0.2) is 4.68 Å². The first-order valence-electron chi connectivity index (χ1n) is 7.59. The first-order valence-corrected chi connectivity index (χ1v) is 9.33. The number of rotatable bonds is 5. The summed E-state index contributed by atoms with van der Waals surface area (Å²) in [6, 6.07) is 12.5. The van der Waals surface area contributed by atoms with Crippen LogP contribution in [0.4, 0.5) is 5.69 Å². The monoisotopic (exact) mass is 407 g/mol. The topological polar surface area (TPSA) is 85.8 Å². The summed E-state index contributed by atoms with van der Waals surface area (Å²) in [4.78, 5) is 12.1. The molecule has 2 aromatic carbocycles. The van der Waals surface area contributed by atoms with Crippen LogP contribution in [0.15, 0.2) is 47.6 Å².